The smallest absolute Gasteiger partial charge is 0.293 e. The summed E-state index contributed by atoms with van der Waals surface area (Å²) in [7, 11) is 0. The minimum atomic E-state index is -0.477. The first kappa shape index (κ1) is 23.1. The Bertz CT molecular complexity index is 1480. The molecule has 0 saturated carbocycles. The van der Waals surface area contributed by atoms with Crippen LogP contribution in [0.15, 0.2) is 89.8 Å². The third-order valence-corrected chi connectivity index (χ3v) is 6.91. The number of carbonyl (C=O) groups is 2. The van der Waals surface area contributed by atoms with Crippen molar-refractivity contribution in [1.29, 1.82) is 0 Å². The summed E-state index contributed by atoms with van der Waals surface area (Å²) < 4.78 is 19.3. The lowest BCUT2D eigenvalue weighted by atomic mass is 10.1. The summed E-state index contributed by atoms with van der Waals surface area (Å²) >= 11 is 6.93. The number of halogens is 2. The molecule has 4 aromatic carbocycles. The SMILES string of the molecule is O=C1S/C(=C\c2cccc(OCc3cccc4ccccc34)c2)C(=O)N1Cc1ccc(F)cc1Cl. The lowest BCUT2D eigenvalue weighted by Crippen LogP contribution is -2.27. The van der Waals surface area contributed by atoms with Gasteiger partial charge in [-0.15, -0.1) is 0 Å². The number of hydrogen-bond donors (Lipinski definition) is 0. The quantitative estimate of drug-likeness (QED) is 0.256. The van der Waals surface area contributed by atoms with Crippen molar-refractivity contribution in [2.45, 2.75) is 13.2 Å². The van der Waals surface area contributed by atoms with Gasteiger partial charge in [0.1, 0.15) is 18.2 Å². The maximum atomic E-state index is 13.3. The molecule has 4 nitrogen and oxygen atoms in total. The van der Waals surface area contributed by atoms with Crippen molar-refractivity contribution in [1.82, 2.24) is 4.90 Å². The van der Waals surface area contributed by atoms with E-state index in [4.69, 9.17) is 16.3 Å². The first-order valence-corrected chi connectivity index (χ1v) is 12.1. The highest BCUT2D eigenvalue weighted by Gasteiger charge is 2.35. The number of thioether (sulfide) groups is 1. The van der Waals surface area contributed by atoms with Crippen LogP contribution in [0.1, 0.15) is 16.7 Å². The van der Waals surface area contributed by atoms with Crippen LogP contribution >= 0.6 is 23.4 Å². The molecule has 0 radical (unpaired) electrons. The molecule has 0 aliphatic carbocycles. The van der Waals surface area contributed by atoms with E-state index in [-0.39, 0.29) is 11.6 Å². The maximum absolute atomic E-state index is 13.3. The van der Waals surface area contributed by atoms with Gasteiger partial charge in [-0.1, -0.05) is 72.3 Å². The van der Waals surface area contributed by atoms with E-state index in [0.717, 1.165) is 44.6 Å². The summed E-state index contributed by atoms with van der Waals surface area (Å²) in [6.45, 7) is 0.384. The zero-order valence-electron chi connectivity index (χ0n) is 18.4. The highest BCUT2D eigenvalue weighted by atomic mass is 35.5. The molecule has 0 bridgehead atoms. The van der Waals surface area contributed by atoms with Gasteiger partial charge in [0.2, 0.25) is 0 Å². The van der Waals surface area contributed by atoms with Crippen LogP contribution in [-0.2, 0) is 17.9 Å². The van der Waals surface area contributed by atoms with Crippen molar-refractivity contribution in [3.8, 4) is 5.75 Å². The highest BCUT2D eigenvalue weighted by molar-refractivity contribution is 8.18. The molecular weight excluding hydrogens is 485 g/mol. The Labute approximate surface area is 211 Å². The van der Waals surface area contributed by atoms with E-state index >= 15 is 0 Å². The molecule has 1 heterocycles. The number of carbonyl (C=O) groups excluding carboxylic acids is 2. The number of ether oxygens (including phenoxy) is 1. The van der Waals surface area contributed by atoms with Crippen LogP contribution < -0.4 is 4.74 Å². The number of nitrogens with zero attached hydrogens (tertiary/aromatic N) is 1. The van der Waals surface area contributed by atoms with Gasteiger partial charge in [0, 0.05) is 5.02 Å². The average molecular weight is 504 g/mol. The van der Waals surface area contributed by atoms with E-state index in [1.165, 1.54) is 12.1 Å². The third kappa shape index (κ3) is 5.09. The second-order valence-corrected chi connectivity index (χ2v) is 9.40. The molecule has 0 spiro atoms. The maximum Gasteiger partial charge on any atom is 0.293 e. The molecule has 1 fully saturated rings. The molecule has 0 N–H and O–H groups in total. The van der Waals surface area contributed by atoms with Crippen LogP contribution in [0.5, 0.6) is 5.75 Å². The fraction of sp³-hybridized carbons (Fsp3) is 0.0714. The molecule has 174 valence electrons. The van der Waals surface area contributed by atoms with Crippen LogP contribution in [0.4, 0.5) is 9.18 Å². The second-order valence-electron chi connectivity index (χ2n) is 8.00. The van der Waals surface area contributed by atoms with Crippen molar-refractivity contribution < 1.29 is 18.7 Å². The Morgan fingerprint density at radius 3 is 2.57 bits per heavy atom. The first-order valence-electron chi connectivity index (χ1n) is 10.9. The molecule has 1 saturated heterocycles. The standard InChI is InChI=1S/C28H19ClFNO3S/c29-25-15-22(30)12-11-20(25)16-31-27(32)26(35-28(31)33)14-18-5-3-9-23(13-18)34-17-21-8-4-7-19-6-1-2-10-24(19)21/h1-15H,16-17H2/b26-14-. The van der Waals surface area contributed by atoms with Crippen molar-refractivity contribution in [3.05, 3.63) is 117 Å². The Balaban J connectivity index is 1.31. The van der Waals surface area contributed by atoms with E-state index in [1.807, 2.05) is 48.5 Å². The van der Waals surface area contributed by atoms with Gasteiger partial charge in [-0.3, -0.25) is 14.5 Å². The van der Waals surface area contributed by atoms with Gasteiger partial charge < -0.3 is 4.74 Å². The molecule has 5 rings (SSSR count). The average Bonchev–Trinajstić information content (AvgIpc) is 3.11. The zero-order valence-corrected chi connectivity index (χ0v) is 20.0. The van der Waals surface area contributed by atoms with E-state index in [2.05, 4.69) is 18.2 Å². The zero-order chi connectivity index (χ0) is 24.4. The first-order chi connectivity index (χ1) is 17.0. The lowest BCUT2D eigenvalue weighted by Gasteiger charge is -2.13. The number of amides is 2. The van der Waals surface area contributed by atoms with E-state index in [0.29, 0.717) is 22.8 Å². The summed E-state index contributed by atoms with van der Waals surface area (Å²) in [6, 6.07) is 25.5. The highest BCUT2D eigenvalue weighted by Crippen LogP contribution is 2.34. The van der Waals surface area contributed by atoms with Crippen molar-refractivity contribution in [2.75, 3.05) is 0 Å². The van der Waals surface area contributed by atoms with Crippen LogP contribution in [0.3, 0.4) is 0 Å². The number of hydrogen-bond acceptors (Lipinski definition) is 4. The van der Waals surface area contributed by atoms with Crippen molar-refractivity contribution in [3.63, 3.8) is 0 Å². The van der Waals surface area contributed by atoms with Gasteiger partial charge in [0.15, 0.2) is 0 Å². The van der Waals surface area contributed by atoms with Gasteiger partial charge in [-0.25, -0.2) is 4.39 Å². The Hall–Kier alpha value is -3.61. The topological polar surface area (TPSA) is 46.6 Å². The monoisotopic (exact) mass is 503 g/mol. The van der Waals surface area contributed by atoms with E-state index in [9.17, 15) is 14.0 Å². The number of rotatable bonds is 6. The Morgan fingerprint density at radius 2 is 1.71 bits per heavy atom. The summed E-state index contributed by atoms with van der Waals surface area (Å²) in [5.41, 5.74) is 2.32. The van der Waals surface area contributed by atoms with Crippen molar-refractivity contribution in [2.24, 2.45) is 0 Å². The molecule has 35 heavy (non-hydrogen) atoms. The van der Waals surface area contributed by atoms with E-state index in [1.54, 1.807) is 6.08 Å². The van der Waals surface area contributed by atoms with Gasteiger partial charge in [0.05, 0.1) is 11.4 Å². The predicted molar refractivity (Wildman–Crippen MR) is 138 cm³/mol. The fourth-order valence-electron chi connectivity index (χ4n) is 3.88. The normalized spacial score (nSPS) is 14.8. The number of benzene rings is 4. The summed E-state index contributed by atoms with van der Waals surface area (Å²) in [5, 5.41) is 2.06. The van der Waals surface area contributed by atoms with Gasteiger partial charge >= 0.3 is 0 Å². The van der Waals surface area contributed by atoms with Crippen LogP contribution in [0.25, 0.3) is 16.8 Å². The van der Waals surface area contributed by atoms with Crippen molar-refractivity contribution >= 4 is 51.4 Å². The number of imide groups is 1. The minimum Gasteiger partial charge on any atom is -0.489 e. The Kier molecular flexibility index (Phi) is 6.57. The predicted octanol–water partition coefficient (Wildman–Crippen LogP) is 7.45. The number of fused-ring (bicyclic) bond motifs is 1. The molecule has 1 aliphatic heterocycles. The molecular formula is C28H19ClFNO3S. The third-order valence-electron chi connectivity index (χ3n) is 5.65. The van der Waals surface area contributed by atoms with Crippen LogP contribution in [0, 0.1) is 5.82 Å². The molecule has 4 aromatic rings. The fourth-order valence-corrected chi connectivity index (χ4v) is 4.95. The largest absolute Gasteiger partial charge is 0.489 e. The summed E-state index contributed by atoms with van der Waals surface area (Å²) in [4.78, 5) is 26.8. The summed E-state index contributed by atoms with van der Waals surface area (Å²) in [5.74, 6) is -0.234. The molecule has 1 aliphatic rings. The molecule has 2 amide bonds. The van der Waals surface area contributed by atoms with Crippen LogP contribution in [0.2, 0.25) is 5.02 Å². The Morgan fingerprint density at radius 1 is 0.914 bits per heavy atom. The minimum absolute atomic E-state index is 0.0185. The van der Waals surface area contributed by atoms with Gasteiger partial charge in [-0.2, -0.15) is 0 Å². The molecule has 0 unspecified atom stereocenters. The van der Waals surface area contributed by atoms with E-state index < -0.39 is 17.0 Å². The van der Waals surface area contributed by atoms with Gasteiger partial charge in [0.25, 0.3) is 11.1 Å². The molecule has 0 aromatic heterocycles. The lowest BCUT2D eigenvalue weighted by molar-refractivity contribution is -0.123. The molecule has 0 atom stereocenters. The molecule has 7 heteroatoms. The second kappa shape index (κ2) is 9.94. The van der Waals surface area contributed by atoms with Crippen LogP contribution in [-0.4, -0.2) is 16.0 Å². The summed E-state index contributed by atoms with van der Waals surface area (Å²) in [6.07, 6.45) is 1.67. The van der Waals surface area contributed by atoms with Gasteiger partial charge in [-0.05, 0) is 69.6 Å².